The van der Waals surface area contributed by atoms with E-state index in [9.17, 15) is 20.4 Å². The van der Waals surface area contributed by atoms with Gasteiger partial charge in [0.2, 0.25) is 0 Å². The second kappa shape index (κ2) is 15.7. The lowest BCUT2D eigenvalue weighted by Crippen LogP contribution is -2.33. The Morgan fingerprint density at radius 1 is 1.22 bits per heavy atom. The first-order valence-electron chi connectivity index (χ1n) is 15.4. The first-order chi connectivity index (χ1) is 19.9. The summed E-state index contributed by atoms with van der Waals surface area (Å²) < 4.78 is 11.9. The molecule has 41 heavy (non-hydrogen) atoms. The third-order valence-electron chi connectivity index (χ3n) is 8.36. The van der Waals surface area contributed by atoms with Gasteiger partial charge in [-0.25, -0.2) is 0 Å². The molecule has 4 rings (SSSR count). The van der Waals surface area contributed by atoms with E-state index < -0.39 is 12.2 Å². The van der Waals surface area contributed by atoms with Crippen molar-refractivity contribution < 1.29 is 29.9 Å². The Bertz CT molecular complexity index is 1050. The molecule has 0 radical (unpaired) electrons. The van der Waals surface area contributed by atoms with Gasteiger partial charge in [0, 0.05) is 25.8 Å². The Labute approximate surface area is 245 Å². The van der Waals surface area contributed by atoms with E-state index in [-0.39, 0.29) is 25.1 Å². The molecule has 2 heterocycles. The summed E-state index contributed by atoms with van der Waals surface area (Å²) in [5.41, 5.74) is 3.03. The van der Waals surface area contributed by atoms with Crippen LogP contribution in [-0.4, -0.2) is 71.3 Å². The van der Waals surface area contributed by atoms with E-state index in [1.807, 2.05) is 24.4 Å². The number of aromatic hydroxyl groups is 1. The Hall–Kier alpha value is -2.49. The molecule has 4 atom stereocenters. The van der Waals surface area contributed by atoms with Crippen LogP contribution in [0.5, 0.6) is 11.5 Å². The normalized spacial score (nSPS) is 21.3. The van der Waals surface area contributed by atoms with Crippen LogP contribution < -0.4 is 10.1 Å². The molecule has 1 aromatic carbocycles. The van der Waals surface area contributed by atoms with Crippen molar-refractivity contribution in [2.45, 2.75) is 89.9 Å². The minimum atomic E-state index is -0.925. The molecule has 1 saturated carbocycles. The van der Waals surface area contributed by atoms with Gasteiger partial charge in [-0.1, -0.05) is 51.2 Å². The summed E-state index contributed by atoms with van der Waals surface area (Å²) in [4.78, 5) is 4.51. The van der Waals surface area contributed by atoms with Crippen LogP contribution in [0.3, 0.4) is 0 Å². The van der Waals surface area contributed by atoms with E-state index in [1.54, 1.807) is 19.1 Å². The molecule has 8 nitrogen and oxygen atoms in total. The van der Waals surface area contributed by atoms with Crippen LogP contribution in [-0.2, 0) is 11.2 Å². The van der Waals surface area contributed by atoms with Crippen LogP contribution in [0.15, 0.2) is 46.5 Å². The largest absolute Gasteiger partial charge is 0.504 e. The van der Waals surface area contributed by atoms with E-state index in [1.165, 1.54) is 25.7 Å². The minimum Gasteiger partial charge on any atom is -0.504 e. The van der Waals surface area contributed by atoms with Crippen LogP contribution in [0.1, 0.15) is 70.8 Å². The van der Waals surface area contributed by atoms with Gasteiger partial charge in [0.05, 0.1) is 18.1 Å². The molecule has 8 heteroatoms. The molecule has 2 aliphatic heterocycles. The fourth-order valence-corrected chi connectivity index (χ4v) is 6.00. The number of nitrogens with one attached hydrogen (secondary N) is 1. The van der Waals surface area contributed by atoms with Crippen molar-refractivity contribution in [1.82, 2.24) is 5.32 Å². The van der Waals surface area contributed by atoms with E-state index >= 15 is 0 Å². The summed E-state index contributed by atoms with van der Waals surface area (Å²) in [6.45, 7) is 5.24. The molecule has 0 bridgehead atoms. The van der Waals surface area contributed by atoms with Crippen LogP contribution in [0.4, 0.5) is 0 Å². The molecule has 5 N–H and O–H groups in total. The van der Waals surface area contributed by atoms with E-state index in [2.05, 4.69) is 17.2 Å². The first kappa shape index (κ1) is 31.4. The number of hydrogen-bond donors (Lipinski definition) is 5. The van der Waals surface area contributed by atoms with Crippen LogP contribution in [0, 0.1) is 24.0 Å². The van der Waals surface area contributed by atoms with E-state index in [4.69, 9.17) is 9.47 Å². The smallest absolute Gasteiger partial charge is 0.181 e. The predicted molar refractivity (Wildman–Crippen MR) is 161 cm³/mol. The number of nitrogens with zero attached hydrogens (tertiary/aromatic N) is 1. The van der Waals surface area contributed by atoms with Gasteiger partial charge in [-0.3, -0.25) is 0 Å². The maximum Gasteiger partial charge on any atom is 0.181 e. The standard InChI is InChI=1S/C33H48N2O6/c1-3-4-9-32-26(20-36)15-27(41-32)12-10-23-11-13-30(38)33(14-23)40-21-31(39)29-16-25(18-35-29)28(19-34-17-22(2)37)24-7-5-6-8-24/h11,13-16,18,22,24,28,31-32,34,36-39H,3-10,12,17,19-21H2,1-2H3. The molecule has 1 aromatic rings. The van der Waals surface area contributed by atoms with Crippen molar-refractivity contribution in [2.24, 2.45) is 16.8 Å². The molecule has 0 spiro atoms. The lowest BCUT2D eigenvalue weighted by Gasteiger charge is -2.24. The van der Waals surface area contributed by atoms with Gasteiger partial charge in [0.25, 0.3) is 0 Å². The van der Waals surface area contributed by atoms with Gasteiger partial charge in [-0.15, -0.1) is 4.99 Å². The van der Waals surface area contributed by atoms with Crippen molar-refractivity contribution in [1.29, 1.82) is 0 Å². The van der Waals surface area contributed by atoms with Gasteiger partial charge in [-0.2, -0.15) is 11.6 Å². The summed E-state index contributed by atoms with van der Waals surface area (Å²) >= 11 is 0. The number of phenolic OH excluding ortho intramolecular Hbond substituents is 1. The van der Waals surface area contributed by atoms with Gasteiger partial charge < -0.3 is 35.2 Å². The van der Waals surface area contributed by atoms with Crippen LogP contribution in [0.2, 0.25) is 0 Å². The number of aryl methyl sites for hydroxylation is 1. The second-order valence-electron chi connectivity index (χ2n) is 11.7. The molecule has 3 aliphatic rings. The number of aliphatic hydroxyl groups excluding tert-OH is 3. The monoisotopic (exact) mass is 568 g/mol. The third-order valence-corrected chi connectivity index (χ3v) is 8.36. The fraction of sp³-hybridized carbons (Fsp3) is 0.606. The number of unbranched alkanes of at least 4 members (excludes halogenated alkanes) is 1. The molecule has 1 aliphatic carbocycles. The molecule has 226 valence electrons. The zero-order chi connectivity index (χ0) is 29.2. The first-order valence-corrected chi connectivity index (χ1v) is 15.4. The van der Waals surface area contributed by atoms with Crippen molar-refractivity contribution in [3.63, 3.8) is 0 Å². The molecular weight excluding hydrogens is 520 g/mol. The zero-order valence-electron chi connectivity index (χ0n) is 24.6. The second-order valence-corrected chi connectivity index (χ2v) is 11.7. The average molecular weight is 569 g/mol. The number of aliphatic hydroxyl groups is 3. The molecular formula is C33H48N2O6. The quantitative estimate of drug-likeness (QED) is 0.176. The Kier molecular flexibility index (Phi) is 12.0. The molecule has 1 fully saturated rings. The Morgan fingerprint density at radius 2 is 2.02 bits per heavy atom. The van der Waals surface area contributed by atoms with Gasteiger partial charge in [0.15, 0.2) is 29.9 Å². The third kappa shape index (κ3) is 9.00. The maximum absolute atomic E-state index is 10.9. The molecule has 0 saturated heterocycles. The van der Waals surface area contributed by atoms with E-state index in [0.717, 1.165) is 48.6 Å². The van der Waals surface area contributed by atoms with Crippen molar-refractivity contribution in [3.05, 3.63) is 59.2 Å². The average Bonchev–Trinajstić information content (AvgIpc) is 3.74. The number of rotatable bonds is 17. The topological polar surface area (TPSA) is 124 Å². The summed E-state index contributed by atoms with van der Waals surface area (Å²) in [5, 5.41) is 44.0. The Balaban J connectivity index is 1.29. The highest BCUT2D eigenvalue weighted by atomic mass is 16.5. The maximum atomic E-state index is 10.9. The number of hydrogen-bond acceptors (Lipinski definition) is 8. The molecule has 4 unspecified atom stereocenters. The highest BCUT2D eigenvalue weighted by Crippen LogP contribution is 2.37. The SMILES string of the molecule is CCCCC1O[C-](CCc2ccc(O)c(OCC(O)[C+]3C=C(C(CNCC(C)O)C4CCCC4)C=N3)c2)C=C1CO. The number of ether oxygens (including phenoxy) is 2. The lowest BCUT2D eigenvalue weighted by atomic mass is 9.84. The summed E-state index contributed by atoms with van der Waals surface area (Å²) in [7, 11) is 0. The van der Waals surface area contributed by atoms with Crippen LogP contribution in [0.25, 0.3) is 0 Å². The zero-order valence-corrected chi connectivity index (χ0v) is 24.6. The minimum absolute atomic E-state index is 0.0122. The van der Waals surface area contributed by atoms with Crippen molar-refractivity contribution >= 4 is 6.21 Å². The predicted octanol–water partition coefficient (Wildman–Crippen LogP) is 4.42. The summed E-state index contributed by atoms with van der Waals surface area (Å²) in [6.07, 6.45) is 14.6. The van der Waals surface area contributed by atoms with E-state index in [0.29, 0.717) is 43.0 Å². The number of benzene rings is 1. The van der Waals surface area contributed by atoms with Gasteiger partial charge in [-0.05, 0) is 56.2 Å². The number of aliphatic imine (C=N–C) groups is 1. The van der Waals surface area contributed by atoms with Gasteiger partial charge >= 0.3 is 0 Å². The number of phenols is 1. The highest BCUT2D eigenvalue weighted by Gasteiger charge is 2.37. The highest BCUT2D eigenvalue weighted by molar-refractivity contribution is 5.84. The summed E-state index contributed by atoms with van der Waals surface area (Å²) in [6, 6.07) is 5.84. The van der Waals surface area contributed by atoms with Crippen molar-refractivity contribution in [3.8, 4) is 11.5 Å². The summed E-state index contributed by atoms with van der Waals surface area (Å²) in [5.74, 6) is 1.21. The van der Waals surface area contributed by atoms with Gasteiger partial charge in [0.1, 0.15) is 12.2 Å². The lowest BCUT2D eigenvalue weighted by molar-refractivity contribution is 0.103. The Morgan fingerprint density at radius 3 is 2.76 bits per heavy atom. The van der Waals surface area contributed by atoms with Crippen LogP contribution >= 0.6 is 0 Å². The van der Waals surface area contributed by atoms with Crippen molar-refractivity contribution in [2.75, 3.05) is 26.3 Å². The molecule has 0 aromatic heterocycles. The fourth-order valence-electron chi connectivity index (χ4n) is 6.00. The molecule has 0 amide bonds.